The maximum Gasteiger partial charge on any atom is 0.252 e. The lowest BCUT2D eigenvalue weighted by Gasteiger charge is -2.28. The molecule has 21 heavy (non-hydrogen) atoms. The minimum atomic E-state index is -0.390. The number of pyridine rings is 1. The molecular weight excluding hydrogens is 288 g/mol. The largest absolute Gasteiger partial charge is 0.496 e. The third-order valence-corrected chi connectivity index (χ3v) is 3.69. The Morgan fingerprint density at radius 1 is 1.33 bits per heavy atom. The normalized spacial score (nSPS) is 11.4. The van der Waals surface area contributed by atoms with E-state index in [1.54, 1.807) is 25.4 Å². The Labute approximate surface area is 129 Å². The zero-order valence-electron chi connectivity index (χ0n) is 12.4. The van der Waals surface area contributed by atoms with Crippen LogP contribution >= 0.6 is 11.6 Å². The number of aromatic nitrogens is 1. The second-order valence-corrected chi connectivity index (χ2v) is 5.78. The molecule has 4 nitrogen and oxygen atoms in total. The lowest BCUT2D eigenvalue weighted by molar-refractivity contribution is 0.358. The van der Waals surface area contributed by atoms with Gasteiger partial charge in [-0.15, -0.1) is 0 Å². The molecule has 2 rings (SSSR count). The van der Waals surface area contributed by atoms with Gasteiger partial charge in [0.15, 0.2) is 0 Å². The van der Waals surface area contributed by atoms with Crippen molar-refractivity contribution >= 4 is 11.6 Å². The Balaban J connectivity index is 2.24. The maximum absolute atomic E-state index is 11.7. The van der Waals surface area contributed by atoms with Gasteiger partial charge in [-0.3, -0.25) is 4.79 Å². The van der Waals surface area contributed by atoms with Crippen LogP contribution in [0.15, 0.2) is 41.3 Å². The molecule has 1 aromatic heterocycles. The van der Waals surface area contributed by atoms with Gasteiger partial charge in [-0.2, -0.15) is 0 Å². The molecule has 0 aliphatic carbocycles. The molecule has 5 heteroatoms. The number of rotatable bonds is 5. The first-order chi connectivity index (χ1) is 9.94. The van der Waals surface area contributed by atoms with E-state index in [1.165, 1.54) is 0 Å². The summed E-state index contributed by atoms with van der Waals surface area (Å²) in [5.41, 5.74) is 1.16. The highest BCUT2D eigenvalue weighted by molar-refractivity contribution is 6.30. The molecule has 0 saturated carbocycles. The second-order valence-electron chi connectivity index (χ2n) is 5.35. The summed E-state index contributed by atoms with van der Waals surface area (Å²) in [6, 6.07) is 9.13. The summed E-state index contributed by atoms with van der Waals surface area (Å²) < 4.78 is 5.40. The van der Waals surface area contributed by atoms with Crippen LogP contribution in [0.25, 0.3) is 0 Å². The van der Waals surface area contributed by atoms with Crippen LogP contribution < -0.4 is 15.6 Å². The van der Waals surface area contributed by atoms with Gasteiger partial charge in [-0.05, 0) is 38.1 Å². The van der Waals surface area contributed by atoms with Crippen molar-refractivity contribution in [1.29, 1.82) is 0 Å². The van der Waals surface area contributed by atoms with Gasteiger partial charge < -0.3 is 15.0 Å². The van der Waals surface area contributed by atoms with Crippen molar-refractivity contribution in [3.05, 3.63) is 63.0 Å². The average Bonchev–Trinajstić information content (AvgIpc) is 2.46. The van der Waals surface area contributed by atoms with Crippen LogP contribution in [0.2, 0.25) is 5.02 Å². The number of hydrogen-bond acceptors (Lipinski definition) is 3. The zero-order chi connectivity index (χ0) is 15.5. The van der Waals surface area contributed by atoms with E-state index in [0.717, 1.165) is 11.3 Å². The molecular formula is C16H19ClN2O2. The van der Waals surface area contributed by atoms with E-state index in [2.05, 4.69) is 10.3 Å². The molecule has 0 bridgehead atoms. The van der Waals surface area contributed by atoms with E-state index in [0.29, 0.717) is 17.1 Å². The smallest absolute Gasteiger partial charge is 0.252 e. The van der Waals surface area contributed by atoms with Crippen molar-refractivity contribution in [3.8, 4) is 5.75 Å². The van der Waals surface area contributed by atoms with E-state index in [-0.39, 0.29) is 5.56 Å². The Kier molecular flexibility index (Phi) is 4.70. The minimum Gasteiger partial charge on any atom is -0.496 e. The van der Waals surface area contributed by atoms with Crippen LogP contribution in [0.3, 0.4) is 0 Å². The molecule has 0 spiro atoms. The molecule has 2 N–H and O–H groups in total. The van der Waals surface area contributed by atoms with Gasteiger partial charge in [-0.25, -0.2) is 0 Å². The first kappa shape index (κ1) is 15.6. The van der Waals surface area contributed by atoms with E-state index in [1.807, 2.05) is 32.0 Å². The molecule has 1 heterocycles. The van der Waals surface area contributed by atoms with Gasteiger partial charge in [0, 0.05) is 34.4 Å². The van der Waals surface area contributed by atoms with Crippen molar-refractivity contribution in [2.75, 3.05) is 7.11 Å². The SMILES string of the molecule is COc1ccc(Cl)cc1C(C)(C)NCc1ccc[nH]c1=O. The molecule has 0 radical (unpaired) electrons. The van der Waals surface area contributed by atoms with Gasteiger partial charge in [-0.1, -0.05) is 17.7 Å². The number of methoxy groups -OCH3 is 1. The molecule has 2 aromatic rings. The van der Waals surface area contributed by atoms with Crippen LogP contribution in [0.4, 0.5) is 0 Å². The number of ether oxygens (including phenoxy) is 1. The van der Waals surface area contributed by atoms with Gasteiger partial charge in [0.2, 0.25) is 0 Å². The summed E-state index contributed by atoms with van der Waals surface area (Å²) in [6.07, 6.45) is 1.62. The number of hydrogen-bond donors (Lipinski definition) is 2. The molecule has 0 aliphatic heterocycles. The summed E-state index contributed by atoms with van der Waals surface area (Å²) in [4.78, 5) is 14.4. The predicted molar refractivity (Wildman–Crippen MR) is 84.9 cm³/mol. The van der Waals surface area contributed by atoms with Gasteiger partial charge in [0.25, 0.3) is 5.56 Å². The molecule has 0 atom stereocenters. The lowest BCUT2D eigenvalue weighted by atomic mass is 9.93. The highest BCUT2D eigenvalue weighted by atomic mass is 35.5. The van der Waals surface area contributed by atoms with Gasteiger partial charge >= 0.3 is 0 Å². The topological polar surface area (TPSA) is 54.1 Å². The van der Waals surface area contributed by atoms with E-state index < -0.39 is 5.54 Å². The quantitative estimate of drug-likeness (QED) is 0.892. The maximum atomic E-state index is 11.7. The average molecular weight is 307 g/mol. The molecule has 0 unspecified atom stereocenters. The second kappa shape index (κ2) is 6.33. The summed E-state index contributed by atoms with van der Waals surface area (Å²) in [6.45, 7) is 4.51. The van der Waals surface area contributed by atoms with Crippen molar-refractivity contribution in [1.82, 2.24) is 10.3 Å². The highest BCUT2D eigenvalue weighted by Gasteiger charge is 2.24. The first-order valence-corrected chi connectivity index (χ1v) is 7.07. The standard InChI is InChI=1S/C16H19ClN2O2/c1-16(2,13-9-12(17)6-7-14(13)21-3)19-10-11-5-4-8-18-15(11)20/h4-9,19H,10H2,1-3H3,(H,18,20). The number of H-pyrrole nitrogens is 1. The fraction of sp³-hybridized carbons (Fsp3) is 0.312. The van der Waals surface area contributed by atoms with Gasteiger partial charge in [0.05, 0.1) is 7.11 Å². The number of halogens is 1. The predicted octanol–water partition coefficient (Wildman–Crippen LogP) is 3.06. The molecule has 0 aliphatic rings. The molecule has 1 aromatic carbocycles. The van der Waals surface area contributed by atoms with E-state index >= 15 is 0 Å². The van der Waals surface area contributed by atoms with Crippen LogP contribution in [0, 0.1) is 0 Å². The van der Waals surface area contributed by atoms with Crippen molar-refractivity contribution in [2.45, 2.75) is 25.9 Å². The number of aromatic amines is 1. The van der Waals surface area contributed by atoms with Crippen LogP contribution in [0.1, 0.15) is 25.0 Å². The summed E-state index contributed by atoms with van der Waals surface area (Å²) >= 11 is 6.08. The Bertz CT molecular complexity index is 680. The fourth-order valence-electron chi connectivity index (χ4n) is 2.18. The first-order valence-electron chi connectivity index (χ1n) is 6.69. The number of benzene rings is 1. The fourth-order valence-corrected chi connectivity index (χ4v) is 2.35. The molecule has 112 valence electrons. The summed E-state index contributed by atoms with van der Waals surface area (Å²) in [5, 5.41) is 4.03. The minimum absolute atomic E-state index is 0.0844. The third-order valence-electron chi connectivity index (χ3n) is 3.46. The third kappa shape index (κ3) is 3.65. The van der Waals surface area contributed by atoms with Crippen molar-refractivity contribution in [2.24, 2.45) is 0 Å². The van der Waals surface area contributed by atoms with E-state index in [9.17, 15) is 4.79 Å². The van der Waals surface area contributed by atoms with Crippen LogP contribution in [-0.2, 0) is 12.1 Å². The monoisotopic (exact) mass is 306 g/mol. The summed E-state index contributed by atoms with van der Waals surface area (Å²) in [5.74, 6) is 0.763. The molecule has 0 saturated heterocycles. The van der Waals surface area contributed by atoms with Crippen molar-refractivity contribution < 1.29 is 4.74 Å². The Morgan fingerprint density at radius 3 is 2.76 bits per heavy atom. The lowest BCUT2D eigenvalue weighted by Crippen LogP contribution is -2.37. The van der Waals surface area contributed by atoms with Crippen LogP contribution in [-0.4, -0.2) is 12.1 Å². The van der Waals surface area contributed by atoms with Crippen LogP contribution in [0.5, 0.6) is 5.75 Å². The zero-order valence-corrected chi connectivity index (χ0v) is 13.1. The highest BCUT2D eigenvalue weighted by Crippen LogP contribution is 2.32. The molecule has 0 amide bonds. The van der Waals surface area contributed by atoms with E-state index in [4.69, 9.17) is 16.3 Å². The summed E-state index contributed by atoms with van der Waals surface area (Å²) in [7, 11) is 1.63. The van der Waals surface area contributed by atoms with Crippen molar-refractivity contribution in [3.63, 3.8) is 0 Å². The Hall–Kier alpha value is -1.78. The van der Waals surface area contributed by atoms with Gasteiger partial charge in [0.1, 0.15) is 5.75 Å². The molecule has 0 fully saturated rings. The Morgan fingerprint density at radius 2 is 2.10 bits per heavy atom. The number of nitrogens with one attached hydrogen (secondary N) is 2.